The standard InChI is InChI=1S/C18H24FN3O2/c1-13-10-17(15-4-3-5-16(19)18(15)20-13)21(2)11-14(23)12-22-6-8-24-9-7-22/h3-5,10,14,23H,6-9,11-12H2,1-2H3. The highest BCUT2D eigenvalue weighted by molar-refractivity contribution is 5.92. The van der Waals surface area contributed by atoms with Crippen molar-refractivity contribution in [2.45, 2.75) is 13.0 Å². The number of aliphatic hydroxyl groups is 1. The molecule has 1 unspecified atom stereocenters. The summed E-state index contributed by atoms with van der Waals surface area (Å²) >= 11 is 0. The number of rotatable bonds is 5. The van der Waals surface area contributed by atoms with E-state index in [0.29, 0.717) is 18.6 Å². The Labute approximate surface area is 141 Å². The van der Waals surface area contributed by atoms with E-state index in [1.165, 1.54) is 6.07 Å². The van der Waals surface area contributed by atoms with Crippen molar-refractivity contribution in [3.05, 3.63) is 35.8 Å². The van der Waals surface area contributed by atoms with Gasteiger partial charge in [0, 0.05) is 50.0 Å². The van der Waals surface area contributed by atoms with Crippen LogP contribution in [0.5, 0.6) is 0 Å². The van der Waals surface area contributed by atoms with Gasteiger partial charge in [-0.2, -0.15) is 0 Å². The Kier molecular flexibility index (Phi) is 5.28. The molecule has 2 aromatic rings. The van der Waals surface area contributed by atoms with Crippen LogP contribution in [0.1, 0.15) is 5.69 Å². The Hall–Kier alpha value is -1.76. The van der Waals surface area contributed by atoms with E-state index in [1.54, 1.807) is 6.07 Å². The largest absolute Gasteiger partial charge is 0.390 e. The fourth-order valence-electron chi connectivity index (χ4n) is 3.19. The number of β-amino-alcohol motifs (C(OH)–C–C–N with tert-alkyl or cyclic N) is 1. The van der Waals surface area contributed by atoms with E-state index in [-0.39, 0.29) is 5.82 Å². The van der Waals surface area contributed by atoms with Gasteiger partial charge in [-0.1, -0.05) is 12.1 Å². The van der Waals surface area contributed by atoms with Gasteiger partial charge >= 0.3 is 0 Å². The van der Waals surface area contributed by atoms with Gasteiger partial charge in [0.15, 0.2) is 0 Å². The summed E-state index contributed by atoms with van der Waals surface area (Å²) in [6, 6.07) is 6.91. The lowest BCUT2D eigenvalue weighted by molar-refractivity contribution is 0.0163. The van der Waals surface area contributed by atoms with Gasteiger partial charge in [-0.25, -0.2) is 9.37 Å². The fraction of sp³-hybridized carbons (Fsp3) is 0.500. The molecule has 1 fully saturated rings. The van der Waals surface area contributed by atoms with Gasteiger partial charge in [-0.3, -0.25) is 4.90 Å². The number of nitrogens with zero attached hydrogens (tertiary/aromatic N) is 3. The van der Waals surface area contributed by atoms with Crippen molar-refractivity contribution in [2.75, 3.05) is 51.3 Å². The molecule has 1 aliphatic heterocycles. The van der Waals surface area contributed by atoms with Crippen molar-refractivity contribution in [1.29, 1.82) is 0 Å². The van der Waals surface area contributed by atoms with Crippen LogP contribution in [0, 0.1) is 12.7 Å². The third-order valence-corrected chi connectivity index (χ3v) is 4.37. The van der Waals surface area contributed by atoms with Gasteiger partial charge in [0.2, 0.25) is 0 Å². The van der Waals surface area contributed by atoms with Crippen LogP contribution in [0.3, 0.4) is 0 Å². The molecule has 5 nitrogen and oxygen atoms in total. The first-order valence-electron chi connectivity index (χ1n) is 8.30. The van der Waals surface area contributed by atoms with Crippen LogP contribution in [0.15, 0.2) is 24.3 Å². The predicted octanol–water partition coefficient (Wildman–Crippen LogP) is 1.81. The zero-order valence-corrected chi connectivity index (χ0v) is 14.2. The Morgan fingerprint density at radius 1 is 1.38 bits per heavy atom. The zero-order chi connectivity index (χ0) is 17.1. The van der Waals surface area contributed by atoms with Crippen molar-refractivity contribution in [2.24, 2.45) is 0 Å². The minimum atomic E-state index is -0.481. The molecule has 1 saturated heterocycles. The second-order valence-corrected chi connectivity index (χ2v) is 6.37. The van der Waals surface area contributed by atoms with Crippen LogP contribution in [-0.2, 0) is 4.74 Å². The Bertz CT molecular complexity index is 704. The normalized spacial score (nSPS) is 17.2. The predicted molar refractivity (Wildman–Crippen MR) is 93.0 cm³/mol. The molecule has 1 N–H and O–H groups in total. The van der Waals surface area contributed by atoms with Gasteiger partial charge in [0.25, 0.3) is 0 Å². The number of hydrogen-bond donors (Lipinski definition) is 1. The number of aromatic nitrogens is 1. The quantitative estimate of drug-likeness (QED) is 0.904. The first kappa shape index (κ1) is 17.1. The summed E-state index contributed by atoms with van der Waals surface area (Å²) in [6.45, 7) is 6.09. The topological polar surface area (TPSA) is 48.8 Å². The number of hydrogen-bond acceptors (Lipinski definition) is 5. The number of aliphatic hydroxyl groups excluding tert-OH is 1. The van der Waals surface area contributed by atoms with E-state index in [4.69, 9.17) is 4.74 Å². The van der Waals surface area contributed by atoms with Crippen molar-refractivity contribution in [3.8, 4) is 0 Å². The average molecular weight is 333 g/mol. The number of morpholine rings is 1. The molecule has 24 heavy (non-hydrogen) atoms. The Balaban J connectivity index is 1.75. The van der Waals surface area contributed by atoms with Crippen molar-refractivity contribution < 1.29 is 14.2 Å². The first-order valence-corrected chi connectivity index (χ1v) is 8.30. The van der Waals surface area contributed by atoms with E-state index in [9.17, 15) is 9.50 Å². The number of fused-ring (bicyclic) bond motifs is 1. The Morgan fingerprint density at radius 2 is 2.12 bits per heavy atom. The molecule has 0 saturated carbocycles. The van der Waals surface area contributed by atoms with Gasteiger partial charge in [0.1, 0.15) is 11.3 Å². The summed E-state index contributed by atoms with van der Waals surface area (Å²) in [5, 5.41) is 11.2. The SMILES string of the molecule is Cc1cc(N(C)CC(O)CN2CCOCC2)c2cccc(F)c2n1. The molecule has 0 bridgehead atoms. The number of para-hydroxylation sites is 1. The molecule has 0 amide bonds. The van der Waals surface area contributed by atoms with Crippen molar-refractivity contribution >= 4 is 16.6 Å². The van der Waals surface area contributed by atoms with Crippen molar-refractivity contribution in [1.82, 2.24) is 9.88 Å². The van der Waals surface area contributed by atoms with Gasteiger partial charge in [-0.05, 0) is 19.1 Å². The molecule has 0 radical (unpaired) electrons. The summed E-state index contributed by atoms with van der Waals surface area (Å²) in [4.78, 5) is 8.48. The van der Waals surface area contributed by atoms with Crippen LogP contribution in [0.4, 0.5) is 10.1 Å². The molecule has 130 valence electrons. The van der Waals surface area contributed by atoms with Crippen LogP contribution < -0.4 is 4.90 Å². The number of aryl methyl sites for hydroxylation is 1. The molecular weight excluding hydrogens is 309 g/mol. The maximum Gasteiger partial charge on any atom is 0.149 e. The van der Waals surface area contributed by atoms with Gasteiger partial charge in [-0.15, -0.1) is 0 Å². The maximum atomic E-state index is 14.0. The highest BCUT2D eigenvalue weighted by atomic mass is 19.1. The maximum absolute atomic E-state index is 14.0. The number of benzene rings is 1. The molecule has 0 aliphatic carbocycles. The van der Waals surface area contributed by atoms with Crippen LogP contribution in [0.2, 0.25) is 0 Å². The minimum Gasteiger partial charge on any atom is -0.390 e. The van der Waals surface area contributed by atoms with Gasteiger partial charge < -0.3 is 14.7 Å². The zero-order valence-electron chi connectivity index (χ0n) is 14.2. The van der Waals surface area contributed by atoms with Crippen LogP contribution >= 0.6 is 0 Å². The average Bonchev–Trinajstić information content (AvgIpc) is 2.56. The molecule has 6 heteroatoms. The van der Waals surface area contributed by atoms with Crippen LogP contribution in [-0.4, -0.2) is 67.5 Å². The smallest absolute Gasteiger partial charge is 0.149 e. The third-order valence-electron chi connectivity index (χ3n) is 4.37. The summed E-state index contributed by atoms with van der Waals surface area (Å²) in [5.41, 5.74) is 2.03. The van der Waals surface area contributed by atoms with Gasteiger partial charge in [0.05, 0.1) is 19.3 Å². The summed E-state index contributed by atoms with van der Waals surface area (Å²) in [5.74, 6) is -0.320. The minimum absolute atomic E-state index is 0.320. The fourth-order valence-corrected chi connectivity index (χ4v) is 3.19. The summed E-state index contributed by atoms with van der Waals surface area (Å²) < 4.78 is 19.4. The number of likely N-dealkylation sites (N-methyl/N-ethyl adjacent to an activating group) is 1. The molecule has 1 aromatic carbocycles. The van der Waals surface area contributed by atoms with E-state index < -0.39 is 6.10 Å². The molecule has 1 aromatic heterocycles. The second-order valence-electron chi connectivity index (χ2n) is 6.37. The number of pyridine rings is 1. The lowest BCUT2D eigenvalue weighted by Gasteiger charge is -2.31. The highest BCUT2D eigenvalue weighted by Crippen LogP contribution is 2.27. The van der Waals surface area contributed by atoms with E-state index in [1.807, 2.05) is 31.0 Å². The Morgan fingerprint density at radius 3 is 2.88 bits per heavy atom. The molecule has 0 spiro atoms. The molecule has 1 atom stereocenters. The summed E-state index contributed by atoms with van der Waals surface area (Å²) in [7, 11) is 1.92. The summed E-state index contributed by atoms with van der Waals surface area (Å²) in [6.07, 6.45) is -0.481. The van der Waals surface area contributed by atoms with Crippen molar-refractivity contribution in [3.63, 3.8) is 0 Å². The van der Waals surface area contributed by atoms with E-state index >= 15 is 0 Å². The molecule has 1 aliphatic rings. The lowest BCUT2D eigenvalue weighted by Crippen LogP contribution is -2.44. The number of halogens is 1. The molecule has 3 rings (SSSR count). The number of anilines is 1. The monoisotopic (exact) mass is 333 g/mol. The third kappa shape index (κ3) is 3.83. The second kappa shape index (κ2) is 7.42. The molecular formula is C18H24FN3O2. The lowest BCUT2D eigenvalue weighted by atomic mass is 10.1. The van der Waals surface area contributed by atoms with E-state index in [0.717, 1.165) is 43.1 Å². The highest BCUT2D eigenvalue weighted by Gasteiger charge is 2.18. The molecule has 2 heterocycles. The first-order chi connectivity index (χ1) is 11.5. The van der Waals surface area contributed by atoms with E-state index in [2.05, 4.69) is 9.88 Å². The number of ether oxygens (including phenoxy) is 1. The van der Waals surface area contributed by atoms with Crippen LogP contribution in [0.25, 0.3) is 10.9 Å².